The molecule has 2 aromatic rings. The zero-order valence-electron chi connectivity index (χ0n) is 13.5. The van der Waals surface area contributed by atoms with E-state index in [1.165, 1.54) is 0 Å². The van der Waals surface area contributed by atoms with Gasteiger partial charge in [-0.3, -0.25) is 0 Å². The highest BCUT2D eigenvalue weighted by atomic mass is 32.2. The van der Waals surface area contributed by atoms with Crippen molar-refractivity contribution in [2.45, 2.75) is 29.4 Å². The maximum absolute atomic E-state index is 11.7. The molecule has 1 heterocycles. The highest BCUT2D eigenvalue weighted by Gasteiger charge is 2.37. The van der Waals surface area contributed by atoms with Gasteiger partial charge in [0.05, 0.1) is 29.3 Å². The summed E-state index contributed by atoms with van der Waals surface area (Å²) in [6.07, 6.45) is 1.03. The molecule has 0 atom stereocenters. The van der Waals surface area contributed by atoms with Crippen molar-refractivity contribution in [2.24, 2.45) is 0 Å². The number of nitrogens with zero attached hydrogens (tertiary/aromatic N) is 2. The topological polar surface area (TPSA) is 70.4 Å². The molecule has 5 nitrogen and oxygen atoms in total. The summed E-state index contributed by atoms with van der Waals surface area (Å²) in [7, 11) is -3.67. The zero-order chi connectivity index (χ0) is 17.5. The minimum atomic E-state index is -3.67. The van der Waals surface area contributed by atoms with Crippen LogP contribution in [0.3, 0.4) is 0 Å². The second-order valence-corrected chi connectivity index (χ2v) is 8.59. The van der Waals surface area contributed by atoms with Crippen LogP contribution in [-0.4, -0.2) is 20.4 Å². The van der Waals surface area contributed by atoms with Crippen LogP contribution >= 0.6 is 11.8 Å². The van der Waals surface area contributed by atoms with E-state index in [1.54, 1.807) is 37.7 Å². The Hall–Kier alpha value is -2.01. The lowest BCUT2D eigenvalue weighted by atomic mass is 10.1. The van der Waals surface area contributed by atoms with E-state index in [9.17, 15) is 13.7 Å². The van der Waals surface area contributed by atoms with Gasteiger partial charge in [0, 0.05) is 9.79 Å². The smallest absolute Gasteiger partial charge is 0.266 e. The first-order valence-electron chi connectivity index (χ1n) is 7.23. The number of nitriles is 1. The summed E-state index contributed by atoms with van der Waals surface area (Å²) < 4.78 is 28.8. The van der Waals surface area contributed by atoms with Crippen molar-refractivity contribution in [1.29, 1.82) is 5.26 Å². The largest absolute Gasteiger partial charge is 0.310 e. The summed E-state index contributed by atoms with van der Waals surface area (Å²) in [4.78, 5) is 3.77. The minimum absolute atomic E-state index is 0.508. The van der Waals surface area contributed by atoms with E-state index < -0.39 is 15.8 Å². The van der Waals surface area contributed by atoms with Gasteiger partial charge in [-0.1, -0.05) is 23.9 Å². The second-order valence-electron chi connectivity index (χ2n) is 5.93. The first kappa shape index (κ1) is 16.8. The number of para-hydroxylation sites is 1. The van der Waals surface area contributed by atoms with Crippen LogP contribution in [0.15, 0.2) is 52.3 Å². The van der Waals surface area contributed by atoms with E-state index in [0.29, 0.717) is 5.56 Å². The van der Waals surface area contributed by atoms with Gasteiger partial charge in [0.15, 0.2) is 5.72 Å². The summed E-state index contributed by atoms with van der Waals surface area (Å²) in [5, 5.41) is 9.21. The lowest BCUT2D eigenvalue weighted by Gasteiger charge is -2.42. The molecule has 0 radical (unpaired) electrons. The SMILES string of the molecule is CC(C)(OS(C)(=O)=O)N1c2ccccc2Sc2ccc(C#N)cc21. The van der Waals surface area contributed by atoms with E-state index in [1.807, 2.05) is 35.2 Å². The third-order valence-electron chi connectivity index (χ3n) is 3.55. The van der Waals surface area contributed by atoms with Gasteiger partial charge in [-0.15, -0.1) is 0 Å². The Balaban J connectivity index is 2.22. The molecule has 0 amide bonds. The molecule has 0 spiro atoms. The molecule has 0 aromatic heterocycles. The Bertz CT molecular complexity index is 947. The van der Waals surface area contributed by atoms with Crippen molar-refractivity contribution in [1.82, 2.24) is 0 Å². The van der Waals surface area contributed by atoms with Crippen LogP contribution in [0.25, 0.3) is 0 Å². The predicted octanol–water partition coefficient (Wildman–Crippen LogP) is 3.87. The van der Waals surface area contributed by atoms with Crippen LogP contribution in [0.1, 0.15) is 19.4 Å². The number of hydrogen-bond donors (Lipinski definition) is 0. The van der Waals surface area contributed by atoms with Crippen LogP contribution in [-0.2, 0) is 14.3 Å². The number of benzene rings is 2. The Morgan fingerprint density at radius 1 is 1.12 bits per heavy atom. The minimum Gasteiger partial charge on any atom is -0.310 e. The molecule has 0 fully saturated rings. The standard InChI is InChI=1S/C17H16N2O3S2/c1-17(2,22-24(3,20)21)19-13-6-4-5-7-15(13)23-16-9-8-12(11-18)10-14(16)19/h4-10H,1-3H3. The van der Waals surface area contributed by atoms with Gasteiger partial charge in [-0.05, 0) is 44.2 Å². The van der Waals surface area contributed by atoms with Crippen molar-refractivity contribution in [2.75, 3.05) is 11.2 Å². The number of anilines is 2. The molecule has 0 saturated heterocycles. The second kappa shape index (κ2) is 5.81. The van der Waals surface area contributed by atoms with E-state index in [2.05, 4.69) is 6.07 Å². The molecule has 0 aliphatic carbocycles. The summed E-state index contributed by atoms with van der Waals surface area (Å²) in [6, 6.07) is 15.2. The van der Waals surface area contributed by atoms with E-state index in [-0.39, 0.29) is 0 Å². The van der Waals surface area contributed by atoms with E-state index in [0.717, 1.165) is 27.4 Å². The van der Waals surface area contributed by atoms with Crippen LogP contribution < -0.4 is 4.90 Å². The van der Waals surface area contributed by atoms with Gasteiger partial charge in [0.25, 0.3) is 10.1 Å². The number of hydrogen-bond acceptors (Lipinski definition) is 6. The first-order valence-corrected chi connectivity index (χ1v) is 9.86. The molecule has 0 N–H and O–H groups in total. The molecule has 1 aliphatic heterocycles. The van der Waals surface area contributed by atoms with Crippen LogP contribution in [0.5, 0.6) is 0 Å². The fraction of sp³-hybridized carbons (Fsp3) is 0.235. The average molecular weight is 360 g/mol. The Kier molecular flexibility index (Phi) is 4.08. The van der Waals surface area contributed by atoms with E-state index >= 15 is 0 Å². The molecule has 0 unspecified atom stereocenters. The molecule has 0 bridgehead atoms. The molecular formula is C17H16N2O3S2. The van der Waals surface area contributed by atoms with Crippen LogP contribution in [0, 0.1) is 11.3 Å². The lowest BCUT2D eigenvalue weighted by Crippen LogP contribution is -2.45. The molecule has 1 aliphatic rings. The lowest BCUT2D eigenvalue weighted by molar-refractivity contribution is 0.125. The maximum atomic E-state index is 11.7. The molecule has 0 saturated carbocycles. The van der Waals surface area contributed by atoms with Crippen LogP contribution in [0.4, 0.5) is 11.4 Å². The summed E-state index contributed by atoms with van der Waals surface area (Å²) in [6.45, 7) is 3.40. The normalized spacial score (nSPS) is 13.8. The third kappa shape index (κ3) is 3.13. The Labute approximate surface area is 146 Å². The van der Waals surface area contributed by atoms with Gasteiger partial charge < -0.3 is 4.90 Å². The number of rotatable bonds is 3. The molecular weight excluding hydrogens is 344 g/mol. The monoisotopic (exact) mass is 360 g/mol. The molecule has 2 aromatic carbocycles. The molecule has 24 heavy (non-hydrogen) atoms. The van der Waals surface area contributed by atoms with Gasteiger partial charge in [0.2, 0.25) is 0 Å². The summed E-state index contributed by atoms with van der Waals surface area (Å²) in [5.74, 6) is 0. The van der Waals surface area contributed by atoms with Crippen molar-refractivity contribution in [3.05, 3.63) is 48.0 Å². The van der Waals surface area contributed by atoms with Gasteiger partial charge in [-0.25, -0.2) is 4.18 Å². The molecule has 7 heteroatoms. The maximum Gasteiger partial charge on any atom is 0.266 e. The third-order valence-corrected chi connectivity index (χ3v) is 5.39. The van der Waals surface area contributed by atoms with Crippen molar-refractivity contribution >= 4 is 33.3 Å². The predicted molar refractivity (Wildman–Crippen MR) is 93.9 cm³/mol. The summed E-state index contributed by atoms with van der Waals surface area (Å²) >= 11 is 1.58. The van der Waals surface area contributed by atoms with Gasteiger partial charge in [-0.2, -0.15) is 13.7 Å². The first-order chi connectivity index (χ1) is 11.2. The Morgan fingerprint density at radius 2 is 1.79 bits per heavy atom. The van der Waals surface area contributed by atoms with Gasteiger partial charge >= 0.3 is 0 Å². The van der Waals surface area contributed by atoms with Crippen LogP contribution in [0.2, 0.25) is 0 Å². The fourth-order valence-electron chi connectivity index (χ4n) is 2.81. The quantitative estimate of drug-likeness (QED) is 0.774. The van der Waals surface area contributed by atoms with Crippen molar-refractivity contribution in [3.8, 4) is 6.07 Å². The van der Waals surface area contributed by atoms with Crippen molar-refractivity contribution < 1.29 is 12.6 Å². The van der Waals surface area contributed by atoms with E-state index in [4.69, 9.17) is 4.18 Å². The molecule has 124 valence electrons. The highest BCUT2D eigenvalue weighted by Crippen LogP contribution is 2.51. The van der Waals surface area contributed by atoms with Gasteiger partial charge in [0.1, 0.15) is 0 Å². The zero-order valence-corrected chi connectivity index (χ0v) is 15.1. The summed E-state index contributed by atoms with van der Waals surface area (Å²) in [5.41, 5.74) is 0.965. The van der Waals surface area contributed by atoms with Crippen molar-refractivity contribution in [3.63, 3.8) is 0 Å². The molecule has 3 rings (SSSR count). The average Bonchev–Trinajstić information content (AvgIpc) is 2.49. The highest BCUT2D eigenvalue weighted by molar-refractivity contribution is 7.99. The fourth-order valence-corrected chi connectivity index (χ4v) is 4.67. The Morgan fingerprint density at radius 3 is 2.46 bits per heavy atom. The number of fused-ring (bicyclic) bond motifs is 2.